The van der Waals surface area contributed by atoms with Gasteiger partial charge >= 0.3 is 0 Å². The Hall–Kier alpha value is -3.69. The van der Waals surface area contributed by atoms with Gasteiger partial charge in [0.1, 0.15) is 29.2 Å². The van der Waals surface area contributed by atoms with E-state index in [0.29, 0.717) is 30.1 Å². The number of amides is 1. The zero-order valence-corrected chi connectivity index (χ0v) is 17.4. The van der Waals surface area contributed by atoms with Gasteiger partial charge in [-0.25, -0.2) is 13.9 Å². The number of hydrogen-bond donors (Lipinski definition) is 1. The number of nitrogens with zero attached hydrogens (tertiary/aromatic N) is 6. The van der Waals surface area contributed by atoms with E-state index in [1.807, 2.05) is 24.4 Å². The van der Waals surface area contributed by atoms with Crippen LogP contribution in [0.3, 0.4) is 0 Å². The first-order valence-corrected chi connectivity index (χ1v) is 10.0. The SMILES string of the molecule is COc1cccn2nc(C3c4nc[nH]c4CCN3C(=O)c3cc(C(C)F)nn3C)cc12. The largest absolute Gasteiger partial charge is 0.494 e. The maximum absolute atomic E-state index is 13.8. The molecule has 2 atom stereocenters. The molecule has 0 aliphatic carbocycles. The van der Waals surface area contributed by atoms with Gasteiger partial charge in [0.05, 0.1) is 30.5 Å². The van der Waals surface area contributed by atoms with Crippen LogP contribution in [0.15, 0.2) is 36.8 Å². The normalized spacial score (nSPS) is 17.0. The third-order valence-electron chi connectivity index (χ3n) is 5.69. The zero-order valence-electron chi connectivity index (χ0n) is 17.4. The molecule has 0 aromatic carbocycles. The minimum absolute atomic E-state index is 0.234. The van der Waals surface area contributed by atoms with E-state index in [-0.39, 0.29) is 11.6 Å². The number of hydrogen-bond acceptors (Lipinski definition) is 5. The number of fused-ring (bicyclic) bond motifs is 2. The lowest BCUT2D eigenvalue weighted by molar-refractivity contribution is 0.0675. The Labute approximate surface area is 177 Å². The smallest absolute Gasteiger partial charge is 0.273 e. The number of nitrogens with one attached hydrogen (secondary N) is 1. The highest BCUT2D eigenvalue weighted by molar-refractivity contribution is 5.93. The first-order chi connectivity index (χ1) is 15.0. The number of methoxy groups -OCH3 is 1. The molecular weight excluding hydrogens is 401 g/mol. The molecule has 0 fully saturated rings. The molecule has 31 heavy (non-hydrogen) atoms. The molecule has 0 saturated heterocycles. The first kappa shape index (κ1) is 19.3. The Kier molecular flexibility index (Phi) is 4.49. The van der Waals surface area contributed by atoms with Crippen LogP contribution in [0.1, 0.15) is 52.4 Å². The summed E-state index contributed by atoms with van der Waals surface area (Å²) < 4.78 is 22.4. The topological polar surface area (TPSA) is 93.3 Å². The van der Waals surface area contributed by atoms with Crippen LogP contribution in [0.4, 0.5) is 4.39 Å². The second kappa shape index (κ2) is 7.22. The highest BCUT2D eigenvalue weighted by atomic mass is 19.1. The molecule has 4 aromatic heterocycles. The predicted octanol–water partition coefficient (Wildman–Crippen LogP) is 2.62. The summed E-state index contributed by atoms with van der Waals surface area (Å²) >= 11 is 0. The van der Waals surface area contributed by atoms with Gasteiger partial charge < -0.3 is 14.6 Å². The number of pyridine rings is 1. The van der Waals surface area contributed by atoms with E-state index in [1.54, 1.807) is 29.9 Å². The molecule has 0 bridgehead atoms. The number of aromatic amines is 1. The molecule has 160 valence electrons. The van der Waals surface area contributed by atoms with Gasteiger partial charge in [-0.1, -0.05) is 0 Å². The molecule has 0 spiro atoms. The second-order valence-electron chi connectivity index (χ2n) is 7.59. The van der Waals surface area contributed by atoms with Crippen molar-refractivity contribution in [1.29, 1.82) is 0 Å². The second-order valence-corrected chi connectivity index (χ2v) is 7.59. The summed E-state index contributed by atoms with van der Waals surface area (Å²) in [6.07, 6.45) is 2.85. The fourth-order valence-corrected chi connectivity index (χ4v) is 4.14. The number of carbonyl (C=O) groups excluding carboxylic acids is 1. The van der Waals surface area contributed by atoms with E-state index in [1.165, 1.54) is 17.7 Å². The monoisotopic (exact) mass is 423 g/mol. The molecule has 5 rings (SSSR count). The fourth-order valence-electron chi connectivity index (χ4n) is 4.14. The van der Waals surface area contributed by atoms with E-state index in [2.05, 4.69) is 15.1 Å². The van der Waals surface area contributed by atoms with Gasteiger partial charge in [-0.2, -0.15) is 10.2 Å². The predicted molar refractivity (Wildman–Crippen MR) is 110 cm³/mol. The molecular formula is C21H22FN7O2. The lowest BCUT2D eigenvalue weighted by Gasteiger charge is -2.33. The van der Waals surface area contributed by atoms with Gasteiger partial charge in [0.15, 0.2) is 0 Å². The van der Waals surface area contributed by atoms with Crippen molar-refractivity contribution in [2.45, 2.75) is 25.6 Å². The Balaban J connectivity index is 1.62. The summed E-state index contributed by atoms with van der Waals surface area (Å²) in [7, 11) is 3.25. The van der Waals surface area contributed by atoms with E-state index in [0.717, 1.165) is 16.9 Å². The van der Waals surface area contributed by atoms with Crippen LogP contribution < -0.4 is 4.74 Å². The number of imidazole rings is 1. The Morgan fingerprint density at radius 2 is 2.19 bits per heavy atom. The van der Waals surface area contributed by atoms with Crippen LogP contribution in [0, 0.1) is 0 Å². The summed E-state index contributed by atoms with van der Waals surface area (Å²) in [5, 5.41) is 8.86. The molecule has 4 aromatic rings. The number of ether oxygens (including phenoxy) is 1. The standard InChI is InChI=1S/C21H22FN7O2/c1-12(22)14-9-17(27(2)25-14)21(30)28-8-6-13-19(24-11-23-13)20(28)15-10-16-18(31-3)5-4-7-29(16)26-15/h4-5,7,9-12,20H,6,8H2,1-3H3,(H,23,24). The van der Waals surface area contributed by atoms with Gasteiger partial charge in [0.25, 0.3) is 5.91 Å². The number of rotatable bonds is 4. The van der Waals surface area contributed by atoms with Crippen LogP contribution in [-0.2, 0) is 13.5 Å². The molecule has 9 nitrogen and oxygen atoms in total. The molecule has 1 N–H and O–H groups in total. The minimum Gasteiger partial charge on any atom is -0.494 e. The number of alkyl halides is 1. The van der Waals surface area contributed by atoms with Gasteiger partial charge in [0.2, 0.25) is 0 Å². The van der Waals surface area contributed by atoms with E-state index >= 15 is 0 Å². The molecule has 5 heterocycles. The molecule has 10 heteroatoms. The minimum atomic E-state index is -1.26. The van der Waals surface area contributed by atoms with Crippen LogP contribution in [0.2, 0.25) is 0 Å². The lowest BCUT2D eigenvalue weighted by Crippen LogP contribution is -2.41. The number of H-pyrrole nitrogens is 1. The number of carbonyl (C=O) groups is 1. The van der Waals surface area contributed by atoms with Crippen LogP contribution in [0.25, 0.3) is 5.52 Å². The summed E-state index contributed by atoms with van der Waals surface area (Å²) in [4.78, 5) is 22.9. The summed E-state index contributed by atoms with van der Waals surface area (Å²) in [6, 6.07) is 6.64. The average Bonchev–Trinajstić information content (AvgIpc) is 3.49. The van der Waals surface area contributed by atoms with Crippen molar-refractivity contribution < 1.29 is 13.9 Å². The van der Waals surface area contributed by atoms with Crippen LogP contribution in [-0.4, -0.2) is 53.8 Å². The van der Waals surface area contributed by atoms with E-state index in [9.17, 15) is 9.18 Å². The van der Waals surface area contributed by atoms with Crippen molar-refractivity contribution >= 4 is 11.4 Å². The summed E-state index contributed by atoms with van der Waals surface area (Å²) in [6.45, 7) is 1.87. The Morgan fingerprint density at radius 1 is 1.35 bits per heavy atom. The van der Waals surface area contributed by atoms with Crippen molar-refractivity contribution in [2.24, 2.45) is 7.05 Å². The van der Waals surface area contributed by atoms with Gasteiger partial charge in [0, 0.05) is 31.9 Å². The van der Waals surface area contributed by atoms with Crippen molar-refractivity contribution in [1.82, 2.24) is 34.3 Å². The van der Waals surface area contributed by atoms with Crippen LogP contribution >= 0.6 is 0 Å². The number of halogens is 1. The van der Waals surface area contributed by atoms with Crippen molar-refractivity contribution in [3.8, 4) is 5.75 Å². The first-order valence-electron chi connectivity index (χ1n) is 10.0. The van der Waals surface area contributed by atoms with Crippen molar-refractivity contribution in [2.75, 3.05) is 13.7 Å². The third-order valence-corrected chi connectivity index (χ3v) is 5.69. The highest BCUT2D eigenvalue weighted by Gasteiger charge is 2.37. The van der Waals surface area contributed by atoms with Crippen molar-refractivity contribution in [3.05, 3.63) is 65.3 Å². The van der Waals surface area contributed by atoms with E-state index in [4.69, 9.17) is 9.84 Å². The summed E-state index contributed by atoms with van der Waals surface area (Å²) in [5.74, 6) is 0.440. The van der Waals surface area contributed by atoms with Crippen LogP contribution in [0.5, 0.6) is 5.75 Å². The molecule has 1 aliphatic rings. The average molecular weight is 423 g/mol. The maximum atomic E-state index is 13.8. The van der Waals surface area contributed by atoms with Crippen molar-refractivity contribution in [3.63, 3.8) is 0 Å². The van der Waals surface area contributed by atoms with Gasteiger partial charge in [-0.15, -0.1) is 0 Å². The molecule has 1 amide bonds. The third kappa shape index (κ3) is 3.06. The fraction of sp³-hybridized carbons (Fsp3) is 0.333. The maximum Gasteiger partial charge on any atom is 0.273 e. The molecule has 0 radical (unpaired) electrons. The number of aryl methyl sites for hydroxylation is 1. The van der Waals surface area contributed by atoms with E-state index < -0.39 is 12.2 Å². The highest BCUT2D eigenvalue weighted by Crippen LogP contribution is 2.35. The quantitative estimate of drug-likeness (QED) is 0.545. The zero-order chi connectivity index (χ0) is 21.7. The molecule has 2 unspecified atom stereocenters. The molecule has 1 aliphatic heterocycles. The summed E-state index contributed by atoms with van der Waals surface area (Å²) in [5.41, 5.74) is 3.75. The van der Waals surface area contributed by atoms with Gasteiger partial charge in [-0.3, -0.25) is 9.48 Å². The lowest BCUT2D eigenvalue weighted by atomic mass is 9.99. The Bertz CT molecular complexity index is 1270. The Morgan fingerprint density at radius 3 is 2.94 bits per heavy atom. The molecule has 0 saturated carbocycles. The number of aromatic nitrogens is 6. The van der Waals surface area contributed by atoms with Gasteiger partial charge in [-0.05, 0) is 31.2 Å².